The number of imidazole rings is 1. The number of hydrogen-bond donors (Lipinski definition) is 0. The quantitative estimate of drug-likeness (QED) is 0.754. The first-order valence-corrected chi connectivity index (χ1v) is 5.44. The fourth-order valence-electron chi connectivity index (χ4n) is 1.74. The topological polar surface area (TPSA) is 53.4 Å². The summed E-state index contributed by atoms with van der Waals surface area (Å²) in [5.74, 6) is 1.35. The summed E-state index contributed by atoms with van der Waals surface area (Å²) in [6.07, 6.45) is 3.95. The molecule has 2 rings (SSSR count). The summed E-state index contributed by atoms with van der Waals surface area (Å²) in [5.41, 5.74) is 1.55. The maximum Gasteiger partial charge on any atom is 0.168 e. The molecule has 18 heavy (non-hydrogen) atoms. The van der Waals surface area contributed by atoms with E-state index in [1.54, 1.807) is 25.1 Å². The van der Waals surface area contributed by atoms with E-state index in [9.17, 15) is 4.79 Å². The Kier molecular flexibility index (Phi) is 3.62. The average molecular weight is 246 g/mol. The number of benzene rings is 1. The molecule has 0 aliphatic carbocycles. The predicted octanol–water partition coefficient (Wildman–Crippen LogP) is 1.76. The van der Waals surface area contributed by atoms with E-state index in [-0.39, 0.29) is 0 Å². The number of carbonyl (C=O) groups is 1. The van der Waals surface area contributed by atoms with Gasteiger partial charge in [-0.05, 0) is 17.7 Å². The molecular weight excluding hydrogens is 232 g/mol. The Balaban J connectivity index is 2.27. The normalized spacial score (nSPS) is 10.1. The Morgan fingerprint density at radius 3 is 2.72 bits per heavy atom. The van der Waals surface area contributed by atoms with Crippen molar-refractivity contribution in [2.75, 3.05) is 14.2 Å². The SMILES string of the molecule is COc1ccc(Cn2cncc2C=O)cc1OC. The Morgan fingerprint density at radius 2 is 2.06 bits per heavy atom. The molecule has 0 saturated carbocycles. The van der Waals surface area contributed by atoms with Crippen molar-refractivity contribution in [1.29, 1.82) is 0 Å². The molecule has 0 radical (unpaired) electrons. The van der Waals surface area contributed by atoms with E-state index in [0.29, 0.717) is 23.7 Å². The molecule has 0 unspecified atom stereocenters. The second-order valence-corrected chi connectivity index (χ2v) is 3.75. The van der Waals surface area contributed by atoms with Crippen molar-refractivity contribution in [3.8, 4) is 11.5 Å². The van der Waals surface area contributed by atoms with Crippen molar-refractivity contribution >= 4 is 6.29 Å². The van der Waals surface area contributed by atoms with E-state index in [1.165, 1.54) is 6.20 Å². The lowest BCUT2D eigenvalue weighted by Gasteiger charge is -2.10. The molecule has 0 N–H and O–H groups in total. The molecule has 0 saturated heterocycles. The predicted molar refractivity (Wildman–Crippen MR) is 66.3 cm³/mol. The van der Waals surface area contributed by atoms with Gasteiger partial charge in [-0.2, -0.15) is 0 Å². The van der Waals surface area contributed by atoms with Crippen LogP contribution in [0.2, 0.25) is 0 Å². The van der Waals surface area contributed by atoms with E-state index < -0.39 is 0 Å². The molecule has 1 aromatic heterocycles. The highest BCUT2D eigenvalue weighted by atomic mass is 16.5. The summed E-state index contributed by atoms with van der Waals surface area (Å²) in [7, 11) is 3.19. The van der Waals surface area contributed by atoms with Gasteiger partial charge in [0.1, 0.15) is 5.69 Å². The number of nitrogens with zero attached hydrogens (tertiary/aromatic N) is 2. The molecule has 0 aliphatic heterocycles. The molecule has 2 aromatic rings. The van der Waals surface area contributed by atoms with Crippen LogP contribution in [0.25, 0.3) is 0 Å². The minimum Gasteiger partial charge on any atom is -0.493 e. The van der Waals surface area contributed by atoms with E-state index in [1.807, 2.05) is 18.2 Å². The molecular formula is C13H14N2O3. The number of ether oxygens (including phenoxy) is 2. The molecule has 0 spiro atoms. The van der Waals surface area contributed by atoms with Gasteiger partial charge in [0.25, 0.3) is 0 Å². The molecule has 1 aromatic carbocycles. The van der Waals surface area contributed by atoms with Crippen LogP contribution < -0.4 is 9.47 Å². The Labute approximate surface area is 105 Å². The van der Waals surface area contributed by atoms with Gasteiger partial charge in [-0.15, -0.1) is 0 Å². The zero-order valence-corrected chi connectivity index (χ0v) is 10.3. The van der Waals surface area contributed by atoms with E-state index in [0.717, 1.165) is 11.8 Å². The molecule has 94 valence electrons. The molecule has 5 nitrogen and oxygen atoms in total. The van der Waals surface area contributed by atoms with Crippen LogP contribution >= 0.6 is 0 Å². The summed E-state index contributed by atoms with van der Waals surface area (Å²) in [6.45, 7) is 0.564. The molecule has 0 fully saturated rings. The van der Waals surface area contributed by atoms with Crippen molar-refractivity contribution in [3.05, 3.63) is 42.0 Å². The van der Waals surface area contributed by atoms with Gasteiger partial charge in [-0.25, -0.2) is 4.98 Å². The summed E-state index contributed by atoms with van der Waals surface area (Å²) in [5, 5.41) is 0. The van der Waals surface area contributed by atoms with Gasteiger partial charge < -0.3 is 14.0 Å². The molecule has 0 amide bonds. The van der Waals surface area contributed by atoms with Gasteiger partial charge in [0, 0.05) is 6.54 Å². The van der Waals surface area contributed by atoms with Crippen LogP contribution in [0.4, 0.5) is 0 Å². The second-order valence-electron chi connectivity index (χ2n) is 3.75. The third-order valence-corrected chi connectivity index (χ3v) is 2.67. The number of methoxy groups -OCH3 is 2. The van der Waals surface area contributed by atoms with Crippen molar-refractivity contribution in [3.63, 3.8) is 0 Å². The standard InChI is InChI=1S/C13H14N2O3/c1-17-12-4-3-10(5-13(12)18-2)7-15-9-14-6-11(15)8-16/h3-6,8-9H,7H2,1-2H3. The smallest absolute Gasteiger partial charge is 0.168 e. The van der Waals surface area contributed by atoms with Crippen molar-refractivity contribution < 1.29 is 14.3 Å². The minimum absolute atomic E-state index is 0.546. The highest BCUT2D eigenvalue weighted by Gasteiger charge is 2.06. The maximum absolute atomic E-state index is 10.8. The maximum atomic E-state index is 10.8. The van der Waals surface area contributed by atoms with Crippen LogP contribution in [0.15, 0.2) is 30.7 Å². The third-order valence-electron chi connectivity index (χ3n) is 2.67. The van der Waals surface area contributed by atoms with Gasteiger partial charge in [-0.3, -0.25) is 4.79 Å². The molecule has 1 heterocycles. The first-order valence-electron chi connectivity index (χ1n) is 5.44. The highest BCUT2D eigenvalue weighted by Crippen LogP contribution is 2.27. The summed E-state index contributed by atoms with van der Waals surface area (Å²) in [4.78, 5) is 14.7. The number of hydrogen-bond acceptors (Lipinski definition) is 4. The lowest BCUT2D eigenvalue weighted by Crippen LogP contribution is -2.03. The number of aldehydes is 1. The van der Waals surface area contributed by atoms with Gasteiger partial charge in [0.15, 0.2) is 17.8 Å². The average Bonchev–Trinajstić information content (AvgIpc) is 2.85. The van der Waals surface area contributed by atoms with Crippen molar-refractivity contribution in [2.45, 2.75) is 6.54 Å². The zero-order chi connectivity index (χ0) is 13.0. The van der Waals surface area contributed by atoms with Gasteiger partial charge in [-0.1, -0.05) is 6.07 Å². The monoisotopic (exact) mass is 246 g/mol. The van der Waals surface area contributed by atoms with Gasteiger partial charge in [0.2, 0.25) is 0 Å². The Bertz CT molecular complexity index is 549. The van der Waals surface area contributed by atoms with E-state index in [4.69, 9.17) is 9.47 Å². The van der Waals surface area contributed by atoms with E-state index >= 15 is 0 Å². The fourth-order valence-corrected chi connectivity index (χ4v) is 1.74. The molecule has 0 aliphatic rings. The number of rotatable bonds is 5. The van der Waals surface area contributed by atoms with E-state index in [2.05, 4.69) is 4.98 Å². The second kappa shape index (κ2) is 5.35. The largest absolute Gasteiger partial charge is 0.493 e. The van der Waals surface area contributed by atoms with Crippen LogP contribution in [0.5, 0.6) is 11.5 Å². The van der Waals surface area contributed by atoms with Crippen LogP contribution in [0.1, 0.15) is 16.1 Å². The first kappa shape index (κ1) is 12.2. The number of aromatic nitrogens is 2. The zero-order valence-electron chi connectivity index (χ0n) is 10.3. The summed E-state index contributed by atoms with van der Waals surface area (Å²) >= 11 is 0. The lowest BCUT2D eigenvalue weighted by atomic mass is 10.2. The van der Waals surface area contributed by atoms with Crippen LogP contribution in [-0.4, -0.2) is 30.1 Å². The molecule has 0 bridgehead atoms. The Morgan fingerprint density at radius 1 is 1.28 bits per heavy atom. The molecule has 5 heteroatoms. The Hall–Kier alpha value is -2.30. The van der Waals surface area contributed by atoms with Gasteiger partial charge in [0.05, 0.1) is 26.7 Å². The number of carbonyl (C=O) groups excluding carboxylic acids is 1. The molecule has 0 atom stereocenters. The fraction of sp³-hybridized carbons (Fsp3) is 0.231. The lowest BCUT2D eigenvalue weighted by molar-refractivity contribution is 0.111. The highest BCUT2D eigenvalue weighted by molar-refractivity contribution is 5.71. The third kappa shape index (κ3) is 2.34. The van der Waals surface area contributed by atoms with Crippen LogP contribution in [0.3, 0.4) is 0 Å². The van der Waals surface area contributed by atoms with Crippen LogP contribution in [0, 0.1) is 0 Å². The van der Waals surface area contributed by atoms with Gasteiger partial charge >= 0.3 is 0 Å². The summed E-state index contributed by atoms with van der Waals surface area (Å²) in [6, 6.07) is 5.65. The minimum atomic E-state index is 0.546. The van der Waals surface area contributed by atoms with Crippen molar-refractivity contribution in [1.82, 2.24) is 9.55 Å². The van der Waals surface area contributed by atoms with Crippen LogP contribution in [-0.2, 0) is 6.54 Å². The van der Waals surface area contributed by atoms with Crippen molar-refractivity contribution in [2.24, 2.45) is 0 Å². The first-order chi connectivity index (χ1) is 8.78. The summed E-state index contributed by atoms with van der Waals surface area (Å²) < 4.78 is 12.2.